The Morgan fingerprint density at radius 2 is 0.733 bits per heavy atom. The minimum atomic E-state index is -0.690. The smallest absolute Gasteiger partial charge is 0.306 e. The van der Waals surface area contributed by atoms with Gasteiger partial charge in [0.15, 0.2) is 0 Å². The molecule has 2 atom stereocenters. The first kappa shape index (κ1) is 43.4. The lowest BCUT2D eigenvalue weighted by atomic mass is 10.0. The summed E-state index contributed by atoms with van der Waals surface area (Å²) in [6, 6.07) is 0. The molecular formula is C39H74O6. The molecule has 266 valence electrons. The van der Waals surface area contributed by atoms with E-state index in [9.17, 15) is 14.4 Å². The quantitative estimate of drug-likeness (QED) is 0.0548. The van der Waals surface area contributed by atoms with E-state index in [2.05, 4.69) is 13.8 Å². The number of carboxylic acid groups (broad SMARTS) is 1. The molecule has 45 heavy (non-hydrogen) atoms. The van der Waals surface area contributed by atoms with Crippen molar-refractivity contribution < 1.29 is 29.0 Å². The van der Waals surface area contributed by atoms with Crippen LogP contribution in [0.3, 0.4) is 0 Å². The van der Waals surface area contributed by atoms with Crippen LogP contribution in [0.1, 0.15) is 220 Å². The van der Waals surface area contributed by atoms with Crippen molar-refractivity contribution in [1.82, 2.24) is 0 Å². The lowest BCUT2D eigenvalue weighted by Crippen LogP contribution is -2.18. The lowest BCUT2D eigenvalue weighted by molar-refractivity contribution is -0.150. The summed E-state index contributed by atoms with van der Waals surface area (Å²) in [5.74, 6) is -0.762. The standard InChI is InChI=1S/C39H74O6/c1-4-7-9-23-29-35(44-38(42)6-3)31-25-19-16-12-14-18-22-28-34-39(43)45-36(30-24-10-8-5-2)32-26-20-15-11-13-17-21-27-33-37(40)41/h35-36H,4-34H2,1-3H3,(H,40,41). The van der Waals surface area contributed by atoms with Crippen LogP contribution in [0, 0.1) is 0 Å². The van der Waals surface area contributed by atoms with Crippen LogP contribution in [0.4, 0.5) is 0 Å². The van der Waals surface area contributed by atoms with Gasteiger partial charge >= 0.3 is 17.9 Å². The molecule has 0 bridgehead atoms. The number of unbranched alkanes of at least 4 members (excludes halogenated alkanes) is 20. The number of carbonyl (C=O) groups excluding carboxylic acids is 2. The normalized spacial score (nSPS) is 12.6. The Bertz CT molecular complexity index is 678. The zero-order chi connectivity index (χ0) is 33.2. The molecule has 0 aromatic rings. The van der Waals surface area contributed by atoms with Crippen LogP contribution in [0.5, 0.6) is 0 Å². The van der Waals surface area contributed by atoms with Gasteiger partial charge in [-0.15, -0.1) is 0 Å². The van der Waals surface area contributed by atoms with Crippen molar-refractivity contribution >= 4 is 17.9 Å². The zero-order valence-corrected chi connectivity index (χ0v) is 30.1. The fourth-order valence-electron chi connectivity index (χ4n) is 6.05. The Labute approximate surface area is 278 Å². The van der Waals surface area contributed by atoms with E-state index in [0.29, 0.717) is 19.3 Å². The van der Waals surface area contributed by atoms with E-state index < -0.39 is 5.97 Å². The maximum atomic E-state index is 12.6. The van der Waals surface area contributed by atoms with Crippen LogP contribution >= 0.6 is 0 Å². The van der Waals surface area contributed by atoms with Crippen LogP contribution in [0.15, 0.2) is 0 Å². The molecule has 0 radical (unpaired) electrons. The van der Waals surface area contributed by atoms with E-state index in [-0.39, 0.29) is 24.1 Å². The first-order valence-electron chi connectivity index (χ1n) is 19.5. The average Bonchev–Trinajstić information content (AvgIpc) is 3.02. The van der Waals surface area contributed by atoms with Crippen LogP contribution in [0.2, 0.25) is 0 Å². The van der Waals surface area contributed by atoms with Gasteiger partial charge in [0, 0.05) is 19.3 Å². The second-order valence-electron chi connectivity index (χ2n) is 13.4. The van der Waals surface area contributed by atoms with E-state index >= 15 is 0 Å². The maximum absolute atomic E-state index is 12.6. The summed E-state index contributed by atoms with van der Waals surface area (Å²) in [6.45, 7) is 6.32. The second kappa shape index (κ2) is 33.8. The van der Waals surface area contributed by atoms with Gasteiger partial charge in [-0.1, -0.05) is 136 Å². The predicted octanol–water partition coefficient (Wildman–Crippen LogP) is 12.0. The molecule has 0 aromatic heterocycles. The summed E-state index contributed by atoms with van der Waals surface area (Å²) in [5.41, 5.74) is 0. The molecule has 0 aliphatic heterocycles. The Balaban J connectivity index is 4.00. The SMILES string of the molecule is CCCCCCC(CCCCCCCCCCC(=O)OC(CCCCCC)CCCCCCCCCCC(=O)O)OC(=O)CC. The predicted molar refractivity (Wildman–Crippen MR) is 188 cm³/mol. The van der Waals surface area contributed by atoms with Gasteiger partial charge in [0.25, 0.3) is 0 Å². The van der Waals surface area contributed by atoms with Gasteiger partial charge in [0.05, 0.1) is 0 Å². The first-order chi connectivity index (χ1) is 21.9. The molecule has 2 unspecified atom stereocenters. The van der Waals surface area contributed by atoms with Gasteiger partial charge in [0.1, 0.15) is 12.2 Å². The van der Waals surface area contributed by atoms with E-state index in [1.54, 1.807) is 0 Å². The molecule has 0 aliphatic carbocycles. The van der Waals surface area contributed by atoms with Crippen molar-refractivity contribution in [3.8, 4) is 0 Å². The molecule has 6 nitrogen and oxygen atoms in total. The number of esters is 2. The van der Waals surface area contributed by atoms with Gasteiger partial charge in [-0.3, -0.25) is 14.4 Å². The largest absolute Gasteiger partial charge is 0.481 e. The second-order valence-corrected chi connectivity index (χ2v) is 13.4. The van der Waals surface area contributed by atoms with Gasteiger partial charge in [-0.2, -0.15) is 0 Å². The highest BCUT2D eigenvalue weighted by Gasteiger charge is 2.15. The third kappa shape index (κ3) is 32.2. The molecule has 0 spiro atoms. The van der Waals surface area contributed by atoms with E-state index in [1.807, 2.05) is 6.92 Å². The van der Waals surface area contributed by atoms with Gasteiger partial charge < -0.3 is 14.6 Å². The highest BCUT2D eigenvalue weighted by atomic mass is 16.5. The van der Waals surface area contributed by atoms with Crippen LogP contribution in [-0.4, -0.2) is 35.2 Å². The van der Waals surface area contributed by atoms with Gasteiger partial charge in [0.2, 0.25) is 0 Å². The molecule has 0 saturated carbocycles. The average molecular weight is 639 g/mol. The maximum Gasteiger partial charge on any atom is 0.306 e. The minimum absolute atomic E-state index is 0.00938. The molecule has 0 fully saturated rings. The molecular weight excluding hydrogens is 564 g/mol. The number of carbonyl (C=O) groups is 3. The van der Waals surface area contributed by atoms with Crippen molar-refractivity contribution in [2.45, 2.75) is 232 Å². The minimum Gasteiger partial charge on any atom is -0.481 e. The molecule has 0 aromatic carbocycles. The highest BCUT2D eigenvalue weighted by Crippen LogP contribution is 2.19. The van der Waals surface area contributed by atoms with Crippen molar-refractivity contribution in [3.63, 3.8) is 0 Å². The number of rotatable bonds is 35. The summed E-state index contributed by atoms with van der Waals surface area (Å²) in [4.78, 5) is 35.0. The Kier molecular flexibility index (Phi) is 32.6. The molecule has 0 heterocycles. The fraction of sp³-hybridized carbons (Fsp3) is 0.923. The molecule has 6 heteroatoms. The molecule has 1 N–H and O–H groups in total. The highest BCUT2D eigenvalue weighted by molar-refractivity contribution is 5.69. The Hall–Kier alpha value is -1.59. The van der Waals surface area contributed by atoms with Crippen LogP contribution in [-0.2, 0) is 23.9 Å². The number of carboxylic acids is 1. The molecule has 0 aliphatic rings. The molecule has 0 rings (SSSR count). The molecule has 0 amide bonds. The summed E-state index contributed by atoms with van der Waals surface area (Å²) < 4.78 is 11.6. The number of aliphatic carboxylic acids is 1. The summed E-state index contributed by atoms with van der Waals surface area (Å²) in [6.07, 6.45) is 33.3. The van der Waals surface area contributed by atoms with Crippen molar-refractivity contribution in [1.29, 1.82) is 0 Å². The first-order valence-corrected chi connectivity index (χ1v) is 19.5. The van der Waals surface area contributed by atoms with Gasteiger partial charge in [-0.25, -0.2) is 0 Å². The third-order valence-corrected chi connectivity index (χ3v) is 8.97. The van der Waals surface area contributed by atoms with Crippen LogP contribution in [0.25, 0.3) is 0 Å². The van der Waals surface area contributed by atoms with Gasteiger partial charge in [-0.05, 0) is 64.2 Å². The fourth-order valence-corrected chi connectivity index (χ4v) is 6.05. The van der Waals surface area contributed by atoms with Crippen molar-refractivity contribution in [2.75, 3.05) is 0 Å². The zero-order valence-electron chi connectivity index (χ0n) is 30.1. The summed E-state index contributed by atoms with van der Waals surface area (Å²) in [5, 5.41) is 8.72. The molecule has 0 saturated heterocycles. The summed E-state index contributed by atoms with van der Waals surface area (Å²) in [7, 11) is 0. The number of ether oxygens (including phenoxy) is 2. The van der Waals surface area contributed by atoms with E-state index in [1.165, 1.54) is 96.3 Å². The van der Waals surface area contributed by atoms with Crippen molar-refractivity contribution in [3.05, 3.63) is 0 Å². The Morgan fingerprint density at radius 1 is 0.422 bits per heavy atom. The lowest BCUT2D eigenvalue weighted by Gasteiger charge is -2.18. The monoisotopic (exact) mass is 639 g/mol. The van der Waals surface area contributed by atoms with Crippen LogP contribution < -0.4 is 0 Å². The van der Waals surface area contributed by atoms with E-state index in [4.69, 9.17) is 14.6 Å². The van der Waals surface area contributed by atoms with E-state index in [0.717, 1.165) is 83.5 Å². The third-order valence-electron chi connectivity index (χ3n) is 8.97. The number of hydrogen-bond acceptors (Lipinski definition) is 5. The topological polar surface area (TPSA) is 89.9 Å². The summed E-state index contributed by atoms with van der Waals surface area (Å²) >= 11 is 0. The number of hydrogen-bond donors (Lipinski definition) is 1. The Morgan fingerprint density at radius 3 is 1.09 bits per heavy atom. The van der Waals surface area contributed by atoms with Crippen molar-refractivity contribution in [2.24, 2.45) is 0 Å².